The number of aliphatic hydroxyl groups is 1. The van der Waals surface area contributed by atoms with Crippen molar-refractivity contribution in [1.82, 2.24) is 10.2 Å². The Hall–Kier alpha value is -1.42. The Balaban J connectivity index is 1.68. The lowest BCUT2D eigenvalue weighted by Crippen LogP contribution is -2.53. The Morgan fingerprint density at radius 1 is 1.38 bits per heavy atom. The highest BCUT2D eigenvalue weighted by molar-refractivity contribution is 5.57. The van der Waals surface area contributed by atoms with Crippen LogP contribution in [-0.2, 0) is 17.6 Å². The number of nitrogens with one attached hydrogen (secondary N) is 1. The maximum absolute atomic E-state index is 11.9. The molecule has 2 fully saturated rings. The van der Waals surface area contributed by atoms with Gasteiger partial charge in [0, 0.05) is 11.6 Å². The predicted octanol–water partition coefficient (Wildman–Crippen LogP) is 3.07. The Morgan fingerprint density at radius 3 is 2.92 bits per heavy atom. The molecular weight excluding hydrogens is 300 g/mol. The molecule has 0 aliphatic heterocycles. The summed E-state index contributed by atoms with van der Waals surface area (Å²) < 4.78 is 0. The molecule has 1 aromatic rings. The molecule has 0 radical (unpaired) electrons. The summed E-state index contributed by atoms with van der Waals surface area (Å²) >= 11 is 0. The fourth-order valence-corrected chi connectivity index (χ4v) is 6.00. The lowest BCUT2D eigenvalue weighted by molar-refractivity contribution is -0.126. The van der Waals surface area contributed by atoms with Crippen molar-refractivity contribution in [3.05, 3.63) is 29.6 Å². The molecule has 0 unspecified atom stereocenters. The maximum atomic E-state index is 11.9. The van der Waals surface area contributed by atoms with Gasteiger partial charge in [0.15, 0.2) is 0 Å². The Bertz CT molecular complexity index is 681. The van der Waals surface area contributed by atoms with Crippen LogP contribution in [0.2, 0.25) is 0 Å². The van der Waals surface area contributed by atoms with Crippen LogP contribution in [0.25, 0.3) is 0 Å². The summed E-state index contributed by atoms with van der Waals surface area (Å²) in [5.41, 5.74) is 3.51. The maximum Gasteiger partial charge on any atom is 0.124 e. The summed E-state index contributed by atoms with van der Waals surface area (Å²) in [4.78, 5) is 11.9. The van der Waals surface area contributed by atoms with E-state index in [-0.39, 0.29) is 28.8 Å². The van der Waals surface area contributed by atoms with E-state index in [9.17, 15) is 9.90 Å². The Kier molecular flexibility index (Phi) is 3.54. The van der Waals surface area contributed by atoms with Crippen molar-refractivity contribution >= 4 is 6.29 Å². The summed E-state index contributed by atoms with van der Waals surface area (Å²) in [7, 11) is 0. The fraction of sp³-hybridized carbons (Fsp3) is 0.700. The zero-order valence-electron chi connectivity index (χ0n) is 14.7. The number of hydrogen-bond acceptors (Lipinski definition) is 3. The molecule has 130 valence electrons. The van der Waals surface area contributed by atoms with E-state index in [1.807, 2.05) is 6.20 Å². The molecular formula is C20H28N2O2. The number of allylic oxidation sites excluding steroid dienone is 1. The monoisotopic (exact) mass is 328 g/mol. The number of aldehydes is 1. The number of fused-ring (bicyclic) bond motifs is 2. The van der Waals surface area contributed by atoms with Crippen LogP contribution in [-0.4, -0.2) is 27.7 Å². The molecule has 24 heavy (non-hydrogen) atoms. The average molecular weight is 328 g/mol. The van der Waals surface area contributed by atoms with Crippen molar-refractivity contribution in [3.63, 3.8) is 0 Å². The third-order valence-electron chi connectivity index (χ3n) is 7.84. The van der Waals surface area contributed by atoms with Gasteiger partial charge in [-0.25, -0.2) is 0 Å². The van der Waals surface area contributed by atoms with Gasteiger partial charge in [-0.15, -0.1) is 0 Å². The van der Waals surface area contributed by atoms with Crippen LogP contribution >= 0.6 is 0 Å². The van der Waals surface area contributed by atoms with Crippen molar-refractivity contribution in [2.75, 3.05) is 0 Å². The van der Waals surface area contributed by atoms with Crippen molar-refractivity contribution in [1.29, 1.82) is 0 Å². The molecule has 3 aliphatic carbocycles. The third kappa shape index (κ3) is 2.01. The number of nitrogens with zero attached hydrogens (tertiary/aromatic N) is 1. The number of aliphatic hydroxyl groups excluding tert-OH is 1. The second-order valence-corrected chi connectivity index (χ2v) is 8.81. The van der Waals surface area contributed by atoms with E-state index in [2.05, 4.69) is 30.6 Å². The molecule has 1 aromatic heterocycles. The first-order valence-corrected chi connectivity index (χ1v) is 9.23. The van der Waals surface area contributed by atoms with Gasteiger partial charge in [0.05, 0.1) is 12.3 Å². The molecule has 2 saturated carbocycles. The van der Waals surface area contributed by atoms with E-state index < -0.39 is 0 Å². The number of rotatable bonds is 2. The number of aromatic nitrogens is 2. The zero-order chi connectivity index (χ0) is 17.1. The molecule has 0 saturated heterocycles. The predicted molar refractivity (Wildman–Crippen MR) is 92.4 cm³/mol. The van der Waals surface area contributed by atoms with Crippen LogP contribution in [0.3, 0.4) is 0 Å². The first-order chi connectivity index (χ1) is 11.4. The molecule has 0 amide bonds. The SMILES string of the molecule is C=C1CC[C@H]2[C@H](O)[C@@H]([C@@]3(C)Cc4cn[nH]c4C[C@@H]3C=O)CC[C@]12C. The van der Waals surface area contributed by atoms with E-state index in [1.165, 1.54) is 11.1 Å². The minimum Gasteiger partial charge on any atom is -0.392 e. The molecule has 0 bridgehead atoms. The number of H-pyrrole nitrogens is 1. The van der Waals surface area contributed by atoms with Crippen LogP contribution < -0.4 is 0 Å². The highest BCUT2D eigenvalue weighted by Crippen LogP contribution is 2.60. The van der Waals surface area contributed by atoms with Gasteiger partial charge < -0.3 is 9.90 Å². The largest absolute Gasteiger partial charge is 0.392 e. The van der Waals surface area contributed by atoms with Gasteiger partial charge in [-0.1, -0.05) is 26.0 Å². The van der Waals surface area contributed by atoms with Crippen LogP contribution in [0.4, 0.5) is 0 Å². The molecule has 2 N–H and O–H groups in total. The number of hydrogen-bond donors (Lipinski definition) is 2. The summed E-state index contributed by atoms with van der Waals surface area (Å²) in [6.45, 7) is 8.76. The Labute approximate surface area is 143 Å². The standard InChI is InChI=1S/C20H28N2O2/c1-12-4-5-15-18(24)16(6-7-19(12,15)2)20(3)9-13-10-21-22-17(13)8-14(20)11-23/h10-11,14-16,18,24H,1,4-9H2,2-3H3,(H,21,22)/t14-,15+,16+,18+,19-,20+/m1/s1. The van der Waals surface area contributed by atoms with Crippen molar-refractivity contribution in [2.24, 2.45) is 28.6 Å². The molecule has 0 spiro atoms. The van der Waals surface area contributed by atoms with Gasteiger partial charge in [-0.3, -0.25) is 5.10 Å². The smallest absolute Gasteiger partial charge is 0.124 e. The van der Waals surface area contributed by atoms with E-state index in [1.54, 1.807) is 0 Å². The highest BCUT2D eigenvalue weighted by Gasteiger charge is 2.56. The zero-order valence-corrected chi connectivity index (χ0v) is 14.7. The van der Waals surface area contributed by atoms with Gasteiger partial charge in [-0.05, 0) is 66.8 Å². The minimum atomic E-state index is -0.344. The minimum absolute atomic E-state index is 0.0564. The van der Waals surface area contributed by atoms with E-state index in [0.717, 1.165) is 44.1 Å². The van der Waals surface area contributed by atoms with E-state index in [4.69, 9.17) is 0 Å². The van der Waals surface area contributed by atoms with Crippen LogP contribution in [0, 0.1) is 28.6 Å². The molecule has 3 aliphatic rings. The van der Waals surface area contributed by atoms with Crippen LogP contribution in [0.15, 0.2) is 18.3 Å². The van der Waals surface area contributed by atoms with Crippen molar-refractivity contribution in [2.45, 2.75) is 58.5 Å². The van der Waals surface area contributed by atoms with Gasteiger partial charge in [0.25, 0.3) is 0 Å². The second-order valence-electron chi connectivity index (χ2n) is 8.81. The van der Waals surface area contributed by atoms with Crippen LogP contribution in [0.1, 0.15) is 50.8 Å². The van der Waals surface area contributed by atoms with Gasteiger partial charge in [-0.2, -0.15) is 5.10 Å². The molecule has 4 heteroatoms. The normalized spacial score (nSPS) is 44.9. The van der Waals surface area contributed by atoms with Gasteiger partial charge in [0.1, 0.15) is 6.29 Å². The first-order valence-electron chi connectivity index (χ1n) is 9.23. The first kappa shape index (κ1) is 16.1. The summed E-state index contributed by atoms with van der Waals surface area (Å²) in [6.07, 6.45) is 8.32. The van der Waals surface area contributed by atoms with Crippen molar-refractivity contribution in [3.8, 4) is 0 Å². The molecule has 6 atom stereocenters. The fourth-order valence-electron chi connectivity index (χ4n) is 6.00. The van der Waals surface area contributed by atoms with Crippen LogP contribution in [0.5, 0.6) is 0 Å². The van der Waals surface area contributed by atoms with Gasteiger partial charge in [0.2, 0.25) is 0 Å². The summed E-state index contributed by atoms with van der Waals surface area (Å²) in [5, 5.41) is 18.5. The second kappa shape index (κ2) is 5.29. The Morgan fingerprint density at radius 2 is 2.17 bits per heavy atom. The topological polar surface area (TPSA) is 66.0 Å². The molecule has 4 nitrogen and oxygen atoms in total. The van der Waals surface area contributed by atoms with E-state index >= 15 is 0 Å². The molecule has 0 aromatic carbocycles. The lowest BCUT2D eigenvalue weighted by Gasteiger charge is -2.53. The van der Waals surface area contributed by atoms with E-state index in [0.29, 0.717) is 12.3 Å². The summed E-state index contributed by atoms with van der Waals surface area (Å²) in [6, 6.07) is 0. The molecule has 4 rings (SSSR count). The quantitative estimate of drug-likeness (QED) is 0.648. The highest BCUT2D eigenvalue weighted by atomic mass is 16.3. The van der Waals surface area contributed by atoms with Gasteiger partial charge >= 0.3 is 0 Å². The molecule has 1 heterocycles. The number of carbonyl (C=O) groups is 1. The number of aromatic amines is 1. The lowest BCUT2D eigenvalue weighted by atomic mass is 9.52. The number of carbonyl (C=O) groups excluding carboxylic acids is 1. The third-order valence-corrected chi connectivity index (χ3v) is 7.84. The average Bonchev–Trinajstić information content (AvgIpc) is 3.11. The summed E-state index contributed by atoms with van der Waals surface area (Å²) in [5.74, 6) is 0.400. The van der Waals surface area contributed by atoms with Crippen molar-refractivity contribution < 1.29 is 9.90 Å².